The minimum atomic E-state index is 0.645. The van der Waals surface area contributed by atoms with Crippen molar-refractivity contribution >= 4 is 51.1 Å². The van der Waals surface area contributed by atoms with E-state index in [-0.39, 0.29) is 0 Å². The minimum Gasteiger partial charge on any atom is -0.370 e. The van der Waals surface area contributed by atoms with Crippen LogP contribution in [0.15, 0.2) is 12.3 Å². The van der Waals surface area contributed by atoms with E-state index in [9.17, 15) is 0 Å². The fourth-order valence-corrected chi connectivity index (χ4v) is 2.82. The standard InChI is InChI=1S/C7H5Cl2N3S2/c8-5-1-4(7(9)13-5)2-10-6-3-11-12-14-6/h1,3,10H,2H2. The number of aromatic nitrogens is 2. The lowest BCUT2D eigenvalue weighted by Crippen LogP contribution is -1.96. The first-order chi connectivity index (χ1) is 6.75. The summed E-state index contributed by atoms with van der Waals surface area (Å²) in [6, 6.07) is 1.86. The molecule has 0 unspecified atom stereocenters. The van der Waals surface area contributed by atoms with Crippen molar-refractivity contribution in [3.05, 3.63) is 26.5 Å². The van der Waals surface area contributed by atoms with E-state index in [1.807, 2.05) is 6.07 Å². The number of nitrogens with one attached hydrogen (secondary N) is 1. The molecule has 2 heterocycles. The number of halogens is 2. The summed E-state index contributed by atoms with van der Waals surface area (Å²) in [5.41, 5.74) is 0.995. The van der Waals surface area contributed by atoms with Crippen LogP contribution in [0, 0.1) is 0 Å². The monoisotopic (exact) mass is 265 g/mol. The lowest BCUT2D eigenvalue weighted by Gasteiger charge is -1.99. The lowest BCUT2D eigenvalue weighted by atomic mass is 10.3. The van der Waals surface area contributed by atoms with E-state index in [0.29, 0.717) is 10.9 Å². The van der Waals surface area contributed by atoms with Gasteiger partial charge in [0.1, 0.15) is 5.00 Å². The highest BCUT2D eigenvalue weighted by atomic mass is 35.5. The normalized spacial score (nSPS) is 10.4. The Labute approximate surface area is 98.8 Å². The number of anilines is 1. The van der Waals surface area contributed by atoms with E-state index in [1.165, 1.54) is 22.9 Å². The number of rotatable bonds is 3. The molecule has 0 spiro atoms. The van der Waals surface area contributed by atoms with Crippen LogP contribution in [0.1, 0.15) is 5.56 Å². The van der Waals surface area contributed by atoms with Gasteiger partial charge in [0.05, 0.1) is 14.9 Å². The molecule has 0 aromatic carbocycles. The summed E-state index contributed by atoms with van der Waals surface area (Å²) in [4.78, 5) is 0. The van der Waals surface area contributed by atoms with Crippen LogP contribution in [0.2, 0.25) is 8.67 Å². The van der Waals surface area contributed by atoms with Gasteiger partial charge in [-0.05, 0) is 6.07 Å². The van der Waals surface area contributed by atoms with Gasteiger partial charge in [0.15, 0.2) is 0 Å². The van der Waals surface area contributed by atoms with Crippen LogP contribution in [0.5, 0.6) is 0 Å². The van der Waals surface area contributed by atoms with Crippen molar-refractivity contribution in [1.29, 1.82) is 0 Å². The Kier molecular flexibility index (Phi) is 3.22. The third-order valence-corrected chi connectivity index (χ3v) is 3.73. The molecule has 14 heavy (non-hydrogen) atoms. The lowest BCUT2D eigenvalue weighted by molar-refractivity contribution is 1.14. The molecule has 2 aromatic heterocycles. The Morgan fingerprint density at radius 2 is 2.29 bits per heavy atom. The predicted molar refractivity (Wildman–Crippen MR) is 61.6 cm³/mol. The van der Waals surface area contributed by atoms with Gasteiger partial charge in [0, 0.05) is 23.6 Å². The van der Waals surface area contributed by atoms with Crippen molar-refractivity contribution in [2.75, 3.05) is 5.32 Å². The molecule has 7 heteroatoms. The number of thiophene rings is 1. The first-order valence-electron chi connectivity index (χ1n) is 3.70. The molecular formula is C7H5Cl2N3S2. The van der Waals surface area contributed by atoms with Crippen LogP contribution in [0.3, 0.4) is 0 Å². The van der Waals surface area contributed by atoms with Gasteiger partial charge in [-0.15, -0.1) is 16.4 Å². The van der Waals surface area contributed by atoms with Gasteiger partial charge in [0.25, 0.3) is 0 Å². The van der Waals surface area contributed by atoms with Crippen molar-refractivity contribution in [2.24, 2.45) is 0 Å². The summed E-state index contributed by atoms with van der Waals surface area (Å²) < 4.78 is 5.16. The van der Waals surface area contributed by atoms with Crippen LogP contribution >= 0.6 is 46.1 Å². The average molecular weight is 266 g/mol. The van der Waals surface area contributed by atoms with Crippen molar-refractivity contribution < 1.29 is 0 Å². The molecule has 3 nitrogen and oxygen atoms in total. The van der Waals surface area contributed by atoms with E-state index in [2.05, 4.69) is 14.9 Å². The van der Waals surface area contributed by atoms with E-state index >= 15 is 0 Å². The third-order valence-electron chi connectivity index (χ3n) is 1.54. The van der Waals surface area contributed by atoms with Gasteiger partial charge < -0.3 is 5.32 Å². The molecule has 0 aliphatic carbocycles. The summed E-state index contributed by atoms with van der Waals surface area (Å²) in [6.07, 6.45) is 1.67. The quantitative estimate of drug-likeness (QED) is 0.923. The van der Waals surface area contributed by atoms with Crippen LogP contribution in [-0.4, -0.2) is 9.59 Å². The van der Waals surface area contributed by atoms with Gasteiger partial charge in [0.2, 0.25) is 0 Å². The van der Waals surface area contributed by atoms with Crippen molar-refractivity contribution in [2.45, 2.75) is 6.54 Å². The maximum absolute atomic E-state index is 5.95. The van der Waals surface area contributed by atoms with E-state index < -0.39 is 0 Å². The van der Waals surface area contributed by atoms with Crippen molar-refractivity contribution in [1.82, 2.24) is 9.59 Å². The highest BCUT2D eigenvalue weighted by Gasteiger charge is 2.05. The second kappa shape index (κ2) is 4.44. The minimum absolute atomic E-state index is 0.645. The third kappa shape index (κ3) is 2.36. The second-order valence-corrected chi connectivity index (χ2v) is 5.56. The summed E-state index contributed by atoms with van der Waals surface area (Å²) in [5.74, 6) is 0. The predicted octanol–water partition coefficient (Wildman–Crippen LogP) is 3.52. The molecule has 0 saturated carbocycles. The summed E-state index contributed by atoms with van der Waals surface area (Å²) >= 11 is 14.4. The van der Waals surface area contributed by atoms with E-state index in [1.54, 1.807) is 6.20 Å². The van der Waals surface area contributed by atoms with Crippen LogP contribution < -0.4 is 5.32 Å². The smallest absolute Gasteiger partial charge is 0.130 e. The molecular weight excluding hydrogens is 261 g/mol. The highest BCUT2D eigenvalue weighted by molar-refractivity contribution is 7.20. The summed E-state index contributed by atoms with van der Waals surface area (Å²) in [7, 11) is 0. The van der Waals surface area contributed by atoms with Gasteiger partial charge in [-0.25, -0.2) is 0 Å². The molecule has 0 fully saturated rings. The molecule has 0 saturated heterocycles. The molecule has 0 amide bonds. The molecule has 0 bridgehead atoms. The number of hydrogen-bond acceptors (Lipinski definition) is 5. The van der Waals surface area contributed by atoms with E-state index in [4.69, 9.17) is 23.2 Å². The van der Waals surface area contributed by atoms with Gasteiger partial charge in [-0.1, -0.05) is 27.7 Å². The molecule has 0 atom stereocenters. The fraction of sp³-hybridized carbons (Fsp3) is 0.143. The Hall–Kier alpha value is -0.360. The second-order valence-electron chi connectivity index (χ2n) is 2.48. The van der Waals surface area contributed by atoms with Crippen molar-refractivity contribution in [3.8, 4) is 0 Å². The SMILES string of the molecule is Clc1cc(CNc2cnns2)c(Cl)s1. The maximum atomic E-state index is 5.95. The van der Waals surface area contributed by atoms with Gasteiger partial charge >= 0.3 is 0 Å². The molecule has 74 valence electrons. The Bertz CT molecular complexity index is 412. The van der Waals surface area contributed by atoms with Crippen LogP contribution in [-0.2, 0) is 6.54 Å². The van der Waals surface area contributed by atoms with Crippen molar-refractivity contribution in [3.63, 3.8) is 0 Å². The molecule has 2 aromatic rings. The average Bonchev–Trinajstić information content (AvgIpc) is 2.72. The Balaban J connectivity index is 2.01. The first kappa shape index (κ1) is 10.2. The van der Waals surface area contributed by atoms with Gasteiger partial charge in [-0.3, -0.25) is 0 Å². The highest BCUT2D eigenvalue weighted by Crippen LogP contribution is 2.31. The zero-order valence-corrected chi connectivity index (χ0v) is 9.97. The topological polar surface area (TPSA) is 37.8 Å². The van der Waals surface area contributed by atoms with E-state index in [0.717, 1.165) is 14.9 Å². The fourth-order valence-electron chi connectivity index (χ4n) is 0.922. The first-order valence-corrected chi connectivity index (χ1v) is 6.05. The maximum Gasteiger partial charge on any atom is 0.130 e. The molecule has 0 radical (unpaired) electrons. The zero-order chi connectivity index (χ0) is 9.97. The van der Waals surface area contributed by atoms with Crippen LogP contribution in [0.25, 0.3) is 0 Å². The molecule has 0 aliphatic heterocycles. The van der Waals surface area contributed by atoms with Crippen LogP contribution in [0.4, 0.5) is 5.00 Å². The molecule has 1 N–H and O–H groups in total. The largest absolute Gasteiger partial charge is 0.370 e. The molecule has 0 aliphatic rings. The number of hydrogen-bond donors (Lipinski definition) is 1. The Morgan fingerprint density at radius 1 is 1.43 bits per heavy atom. The summed E-state index contributed by atoms with van der Waals surface area (Å²) in [6.45, 7) is 0.645. The Morgan fingerprint density at radius 3 is 2.86 bits per heavy atom. The summed E-state index contributed by atoms with van der Waals surface area (Å²) in [5, 5.41) is 7.78. The van der Waals surface area contributed by atoms with Gasteiger partial charge in [-0.2, -0.15) is 0 Å². The number of nitrogens with zero attached hydrogens (tertiary/aromatic N) is 2. The molecule has 2 rings (SSSR count). The zero-order valence-electron chi connectivity index (χ0n) is 6.83.